The Balaban J connectivity index is 4.32. The summed E-state index contributed by atoms with van der Waals surface area (Å²) in [5.41, 5.74) is 5.59. The molecular weight excluding hydrogens is 192 g/mol. The maximum absolute atomic E-state index is 11.6. The molecule has 1 amide bonds. The average Bonchev–Trinajstić information content (AvgIpc) is 2.17. The molecule has 4 nitrogen and oxygen atoms in total. The standard InChI is InChI=1S/C11H24N2O2/c1-5-7-13(10(14)15-6-2)9-11(3,4)8-12/h5-9,12H2,1-4H3. The maximum Gasteiger partial charge on any atom is 0.409 e. The van der Waals surface area contributed by atoms with Crippen molar-refractivity contribution >= 4 is 6.09 Å². The minimum absolute atomic E-state index is 0.0536. The lowest BCUT2D eigenvalue weighted by atomic mass is 9.93. The summed E-state index contributed by atoms with van der Waals surface area (Å²) in [4.78, 5) is 13.3. The van der Waals surface area contributed by atoms with Crippen LogP contribution in [0.25, 0.3) is 0 Å². The van der Waals surface area contributed by atoms with Gasteiger partial charge in [0.15, 0.2) is 0 Å². The Labute approximate surface area is 92.8 Å². The molecule has 0 spiro atoms. The van der Waals surface area contributed by atoms with E-state index in [2.05, 4.69) is 13.8 Å². The first-order chi connectivity index (χ1) is 6.96. The van der Waals surface area contributed by atoms with Gasteiger partial charge in [-0.2, -0.15) is 0 Å². The van der Waals surface area contributed by atoms with Gasteiger partial charge >= 0.3 is 6.09 Å². The van der Waals surface area contributed by atoms with E-state index in [4.69, 9.17) is 10.5 Å². The highest BCUT2D eigenvalue weighted by Gasteiger charge is 2.23. The van der Waals surface area contributed by atoms with Crippen LogP contribution >= 0.6 is 0 Å². The van der Waals surface area contributed by atoms with Crippen LogP contribution in [0, 0.1) is 5.41 Å². The van der Waals surface area contributed by atoms with E-state index in [0.717, 1.165) is 13.0 Å². The summed E-state index contributed by atoms with van der Waals surface area (Å²) < 4.78 is 4.99. The first-order valence-electron chi connectivity index (χ1n) is 5.58. The van der Waals surface area contributed by atoms with Gasteiger partial charge in [-0.15, -0.1) is 0 Å². The van der Waals surface area contributed by atoms with E-state index in [1.54, 1.807) is 4.90 Å². The van der Waals surface area contributed by atoms with Crippen molar-refractivity contribution < 1.29 is 9.53 Å². The summed E-state index contributed by atoms with van der Waals surface area (Å²) in [7, 11) is 0. The number of carbonyl (C=O) groups is 1. The zero-order valence-corrected chi connectivity index (χ0v) is 10.4. The first kappa shape index (κ1) is 14.2. The SMILES string of the molecule is CCCN(CC(C)(C)CN)C(=O)OCC. The molecule has 0 aliphatic rings. The molecule has 0 radical (unpaired) electrons. The van der Waals surface area contributed by atoms with E-state index in [-0.39, 0.29) is 11.5 Å². The normalized spacial score (nSPS) is 11.3. The highest BCUT2D eigenvalue weighted by atomic mass is 16.6. The minimum Gasteiger partial charge on any atom is -0.450 e. The number of rotatable bonds is 6. The van der Waals surface area contributed by atoms with E-state index < -0.39 is 0 Å². The quantitative estimate of drug-likeness (QED) is 0.737. The van der Waals surface area contributed by atoms with Gasteiger partial charge in [0.05, 0.1) is 6.61 Å². The van der Waals surface area contributed by atoms with Gasteiger partial charge < -0.3 is 15.4 Å². The fourth-order valence-electron chi connectivity index (χ4n) is 1.30. The van der Waals surface area contributed by atoms with Gasteiger partial charge in [0.1, 0.15) is 0 Å². The fraction of sp³-hybridized carbons (Fsp3) is 0.909. The molecule has 0 rings (SSSR count). The number of amides is 1. The predicted octanol–water partition coefficient (Wildman–Crippen LogP) is 1.84. The van der Waals surface area contributed by atoms with Crippen LogP contribution in [-0.4, -0.2) is 37.2 Å². The van der Waals surface area contributed by atoms with Crippen LogP contribution in [0.1, 0.15) is 34.1 Å². The Morgan fingerprint density at radius 2 is 2.00 bits per heavy atom. The van der Waals surface area contributed by atoms with E-state index >= 15 is 0 Å². The molecule has 0 aliphatic heterocycles. The van der Waals surface area contributed by atoms with E-state index in [0.29, 0.717) is 19.7 Å². The Morgan fingerprint density at radius 1 is 1.40 bits per heavy atom. The highest BCUT2D eigenvalue weighted by Crippen LogP contribution is 2.15. The molecule has 0 saturated carbocycles. The second-order valence-corrected chi connectivity index (χ2v) is 4.49. The first-order valence-corrected chi connectivity index (χ1v) is 5.58. The molecule has 0 atom stereocenters. The molecular formula is C11H24N2O2. The second-order valence-electron chi connectivity index (χ2n) is 4.49. The third-order valence-corrected chi connectivity index (χ3v) is 2.19. The molecule has 90 valence electrons. The van der Waals surface area contributed by atoms with Crippen molar-refractivity contribution in [3.63, 3.8) is 0 Å². The van der Waals surface area contributed by atoms with Gasteiger partial charge in [-0.3, -0.25) is 0 Å². The van der Waals surface area contributed by atoms with Crippen LogP contribution in [0.15, 0.2) is 0 Å². The van der Waals surface area contributed by atoms with Crippen LogP contribution in [0.4, 0.5) is 4.79 Å². The van der Waals surface area contributed by atoms with Crippen LogP contribution < -0.4 is 5.73 Å². The molecule has 0 saturated heterocycles. The Morgan fingerprint density at radius 3 is 2.40 bits per heavy atom. The topological polar surface area (TPSA) is 55.6 Å². The van der Waals surface area contributed by atoms with Crippen molar-refractivity contribution in [1.29, 1.82) is 0 Å². The second kappa shape index (κ2) is 6.67. The summed E-state index contributed by atoms with van der Waals surface area (Å²) in [6, 6.07) is 0. The summed E-state index contributed by atoms with van der Waals surface area (Å²) >= 11 is 0. The van der Waals surface area contributed by atoms with Gasteiger partial charge in [0, 0.05) is 13.1 Å². The molecule has 0 aromatic rings. The molecule has 2 N–H and O–H groups in total. The van der Waals surface area contributed by atoms with Crippen LogP contribution in [0.5, 0.6) is 0 Å². The lowest BCUT2D eigenvalue weighted by molar-refractivity contribution is 0.0916. The van der Waals surface area contributed by atoms with Crippen LogP contribution in [0.3, 0.4) is 0 Å². The number of nitrogens with two attached hydrogens (primary N) is 1. The van der Waals surface area contributed by atoms with Gasteiger partial charge in [-0.05, 0) is 25.3 Å². The molecule has 0 heterocycles. The molecule has 0 aromatic carbocycles. The number of nitrogens with zero attached hydrogens (tertiary/aromatic N) is 1. The highest BCUT2D eigenvalue weighted by molar-refractivity contribution is 5.67. The van der Waals surface area contributed by atoms with Gasteiger partial charge in [-0.1, -0.05) is 20.8 Å². The monoisotopic (exact) mass is 216 g/mol. The van der Waals surface area contributed by atoms with E-state index in [1.165, 1.54) is 0 Å². The van der Waals surface area contributed by atoms with Crippen molar-refractivity contribution in [2.45, 2.75) is 34.1 Å². The van der Waals surface area contributed by atoms with E-state index in [9.17, 15) is 4.79 Å². The third kappa shape index (κ3) is 5.62. The zero-order valence-electron chi connectivity index (χ0n) is 10.4. The Bertz CT molecular complexity index is 193. The van der Waals surface area contributed by atoms with Crippen molar-refractivity contribution in [3.05, 3.63) is 0 Å². The van der Waals surface area contributed by atoms with Crippen LogP contribution in [0.2, 0.25) is 0 Å². The van der Waals surface area contributed by atoms with Crippen molar-refractivity contribution in [2.24, 2.45) is 11.1 Å². The molecule has 15 heavy (non-hydrogen) atoms. The lowest BCUT2D eigenvalue weighted by Gasteiger charge is -2.30. The van der Waals surface area contributed by atoms with E-state index in [1.807, 2.05) is 13.8 Å². The summed E-state index contributed by atoms with van der Waals surface area (Å²) in [6.07, 6.45) is 0.695. The van der Waals surface area contributed by atoms with Crippen molar-refractivity contribution in [2.75, 3.05) is 26.2 Å². The van der Waals surface area contributed by atoms with Crippen molar-refractivity contribution in [3.8, 4) is 0 Å². The summed E-state index contributed by atoms with van der Waals surface area (Å²) in [5.74, 6) is 0. The largest absolute Gasteiger partial charge is 0.450 e. The predicted molar refractivity (Wildman–Crippen MR) is 61.7 cm³/mol. The molecule has 0 unspecified atom stereocenters. The fourth-order valence-corrected chi connectivity index (χ4v) is 1.30. The molecule has 0 aromatic heterocycles. The summed E-state index contributed by atoms with van der Waals surface area (Å²) in [6.45, 7) is 10.3. The number of carbonyl (C=O) groups excluding carboxylic acids is 1. The summed E-state index contributed by atoms with van der Waals surface area (Å²) in [5, 5.41) is 0. The smallest absolute Gasteiger partial charge is 0.409 e. The van der Waals surface area contributed by atoms with Crippen LogP contribution in [-0.2, 0) is 4.74 Å². The average molecular weight is 216 g/mol. The van der Waals surface area contributed by atoms with Crippen molar-refractivity contribution in [1.82, 2.24) is 4.90 Å². The molecule has 0 bridgehead atoms. The number of hydrogen-bond acceptors (Lipinski definition) is 3. The van der Waals surface area contributed by atoms with Gasteiger partial charge in [-0.25, -0.2) is 4.79 Å². The molecule has 0 fully saturated rings. The maximum atomic E-state index is 11.6. The minimum atomic E-state index is -0.235. The lowest BCUT2D eigenvalue weighted by Crippen LogP contribution is -2.42. The molecule has 4 heteroatoms. The number of hydrogen-bond donors (Lipinski definition) is 1. The molecule has 0 aliphatic carbocycles. The number of ether oxygens (including phenoxy) is 1. The van der Waals surface area contributed by atoms with Gasteiger partial charge in [0.25, 0.3) is 0 Å². The zero-order chi connectivity index (χ0) is 11.9. The Hall–Kier alpha value is -0.770. The third-order valence-electron chi connectivity index (χ3n) is 2.19. The Kier molecular flexibility index (Phi) is 6.32. The van der Waals surface area contributed by atoms with Gasteiger partial charge in [0.2, 0.25) is 0 Å².